The number of halogens is 1. The highest BCUT2D eigenvalue weighted by molar-refractivity contribution is 5.93. The van der Waals surface area contributed by atoms with Crippen molar-refractivity contribution in [1.29, 1.82) is 0 Å². The van der Waals surface area contributed by atoms with Gasteiger partial charge in [-0.2, -0.15) is 5.10 Å². The fraction of sp³-hybridized carbons (Fsp3) is 0.462. The van der Waals surface area contributed by atoms with E-state index in [0.717, 1.165) is 0 Å². The summed E-state index contributed by atoms with van der Waals surface area (Å²) in [6.07, 6.45) is 8.04. The molecule has 1 saturated carbocycles. The van der Waals surface area contributed by atoms with E-state index in [1.807, 2.05) is 6.92 Å². The maximum atomic E-state index is 12.2. The van der Waals surface area contributed by atoms with Crippen molar-refractivity contribution in [3.63, 3.8) is 0 Å². The predicted molar refractivity (Wildman–Crippen MR) is 135 cm³/mol. The quantitative estimate of drug-likeness (QED) is 0.256. The van der Waals surface area contributed by atoms with E-state index in [-0.39, 0.29) is 24.6 Å². The summed E-state index contributed by atoms with van der Waals surface area (Å²) in [5, 5.41) is 17.7. The summed E-state index contributed by atoms with van der Waals surface area (Å²) in [5.41, 5.74) is -1.02. The summed E-state index contributed by atoms with van der Waals surface area (Å²) in [6, 6.07) is 0. The van der Waals surface area contributed by atoms with Crippen molar-refractivity contribution < 1.29 is 28.6 Å². The number of likely N-dealkylation sites (N-methyl/N-ethyl adjacent to an activating group) is 1. The molecule has 1 amide bonds. The van der Waals surface area contributed by atoms with E-state index in [0.29, 0.717) is 36.2 Å². The van der Waals surface area contributed by atoms with Gasteiger partial charge in [-0.1, -0.05) is 30.6 Å². The number of ether oxygens (including phenoxy) is 1. The minimum Gasteiger partial charge on any atom is -0.461 e. The zero-order valence-corrected chi connectivity index (χ0v) is 21.3. The lowest BCUT2D eigenvalue weighted by Crippen LogP contribution is -2.37. The largest absolute Gasteiger partial charge is 0.461 e. The Kier molecular flexibility index (Phi) is 9.36. The lowest BCUT2D eigenvalue weighted by atomic mass is 10.0. The molecule has 2 fully saturated rings. The van der Waals surface area contributed by atoms with Gasteiger partial charge in [-0.05, 0) is 33.3 Å². The lowest BCUT2D eigenvalue weighted by molar-refractivity contribution is -0.137. The molecule has 2 heterocycles. The van der Waals surface area contributed by atoms with Crippen LogP contribution >= 0.6 is 0 Å². The number of carbonyl (C=O) groups excluding carboxylic acids is 3. The first-order chi connectivity index (χ1) is 17.0. The van der Waals surface area contributed by atoms with E-state index in [1.54, 1.807) is 39.4 Å². The minimum absolute atomic E-state index is 0.169. The molecule has 1 aromatic rings. The smallest absolute Gasteiger partial charge is 0.361 e. The summed E-state index contributed by atoms with van der Waals surface area (Å²) < 4.78 is 18.8. The Morgan fingerprint density at radius 3 is 2.58 bits per heavy atom. The fourth-order valence-electron chi connectivity index (χ4n) is 3.33. The van der Waals surface area contributed by atoms with E-state index < -0.39 is 23.1 Å². The molecule has 9 nitrogen and oxygen atoms in total. The number of allylic oxidation sites excluding steroid dienone is 5. The molecule has 3 unspecified atom stereocenters. The average Bonchev–Trinajstić information content (AvgIpc) is 3.16. The van der Waals surface area contributed by atoms with Gasteiger partial charge in [0.05, 0.1) is 30.1 Å². The van der Waals surface area contributed by atoms with Crippen molar-refractivity contribution in [3.05, 3.63) is 42.3 Å². The van der Waals surface area contributed by atoms with Crippen LogP contribution in [-0.2, 0) is 14.3 Å². The molecule has 1 aliphatic heterocycles. The topological polar surface area (TPSA) is 114 Å². The molecule has 0 spiro atoms. The van der Waals surface area contributed by atoms with Crippen LogP contribution in [0.4, 0.5) is 10.1 Å². The number of aromatic nitrogens is 2. The van der Waals surface area contributed by atoms with Crippen LogP contribution in [0.15, 0.2) is 36.6 Å². The molecule has 0 radical (unpaired) electrons. The van der Waals surface area contributed by atoms with Crippen LogP contribution in [-0.4, -0.2) is 76.5 Å². The van der Waals surface area contributed by atoms with Crippen LogP contribution in [0.5, 0.6) is 0 Å². The van der Waals surface area contributed by atoms with Gasteiger partial charge >= 0.3 is 5.97 Å². The number of aldehydes is 1. The molecule has 194 valence electrons. The van der Waals surface area contributed by atoms with Crippen molar-refractivity contribution in [1.82, 2.24) is 14.7 Å². The normalized spacial score (nSPS) is 25.2. The Balaban J connectivity index is 0.000000558. The van der Waals surface area contributed by atoms with E-state index in [9.17, 15) is 23.9 Å². The van der Waals surface area contributed by atoms with Gasteiger partial charge < -0.3 is 24.9 Å². The Hall–Kier alpha value is -3.71. The highest BCUT2D eigenvalue weighted by atomic mass is 19.1. The number of carbonyl (C=O) groups is 3. The molecule has 0 aromatic carbocycles. The Morgan fingerprint density at radius 2 is 2.17 bits per heavy atom. The van der Waals surface area contributed by atoms with Gasteiger partial charge in [0, 0.05) is 32.6 Å². The van der Waals surface area contributed by atoms with Gasteiger partial charge in [0.2, 0.25) is 5.60 Å². The first kappa shape index (κ1) is 28.5. The molecule has 2 aliphatic rings. The van der Waals surface area contributed by atoms with Crippen molar-refractivity contribution in [2.24, 2.45) is 5.92 Å². The number of amides is 1. The third-order valence-corrected chi connectivity index (χ3v) is 5.86. The van der Waals surface area contributed by atoms with Gasteiger partial charge in [-0.3, -0.25) is 4.79 Å². The van der Waals surface area contributed by atoms with Crippen molar-refractivity contribution in [2.75, 3.05) is 32.6 Å². The molecule has 1 saturated heterocycles. The standard InChI is InChI=1S/C21H26N4O4.C5H7FO/c1-6-15(9-10-21(28)11-12-24(5)20(21)27)13-16(7-2)25-14-17(22-4)18(23-25)19(26)29-8-3;1-5(6)2-4(5)3-7/h6-7,13-14,22,28H,1,8,11-12H2,2-5H3;3-4H,2H2,1H3/b15-13+,16-7+;. The minimum atomic E-state index is -1.69. The second-order valence-electron chi connectivity index (χ2n) is 8.64. The van der Waals surface area contributed by atoms with E-state index in [1.165, 1.54) is 22.6 Å². The van der Waals surface area contributed by atoms with Crippen LogP contribution in [0.25, 0.3) is 5.70 Å². The zero-order valence-electron chi connectivity index (χ0n) is 21.3. The van der Waals surface area contributed by atoms with Gasteiger partial charge in [-0.15, -0.1) is 0 Å². The predicted octanol–water partition coefficient (Wildman–Crippen LogP) is 2.60. The molecule has 0 bridgehead atoms. The molecule has 3 atom stereocenters. The number of esters is 1. The van der Waals surface area contributed by atoms with Gasteiger partial charge in [0.15, 0.2) is 5.69 Å². The highest BCUT2D eigenvalue weighted by Crippen LogP contribution is 2.44. The van der Waals surface area contributed by atoms with Crippen molar-refractivity contribution in [2.45, 2.75) is 44.9 Å². The summed E-state index contributed by atoms with van der Waals surface area (Å²) >= 11 is 0. The van der Waals surface area contributed by atoms with E-state index in [2.05, 4.69) is 28.8 Å². The summed E-state index contributed by atoms with van der Waals surface area (Å²) in [6.45, 7) is 9.43. The molecule has 36 heavy (non-hydrogen) atoms. The number of likely N-dealkylation sites (tertiary alicyclic amines) is 1. The Bertz CT molecular complexity index is 1140. The molecule has 3 rings (SSSR count). The maximum Gasteiger partial charge on any atom is 0.361 e. The molecular formula is C26H33FN4O5. The number of nitrogens with zero attached hydrogens (tertiary/aromatic N) is 3. The number of alkyl halides is 1. The monoisotopic (exact) mass is 500 g/mol. The van der Waals surface area contributed by atoms with Gasteiger partial charge in [0.1, 0.15) is 12.0 Å². The van der Waals surface area contributed by atoms with Crippen LogP contribution < -0.4 is 5.32 Å². The Morgan fingerprint density at radius 1 is 1.50 bits per heavy atom. The van der Waals surface area contributed by atoms with E-state index in [4.69, 9.17) is 4.74 Å². The summed E-state index contributed by atoms with van der Waals surface area (Å²) in [7, 11) is 3.31. The number of aliphatic hydroxyl groups is 1. The molecular weight excluding hydrogens is 467 g/mol. The molecule has 10 heteroatoms. The second-order valence-corrected chi connectivity index (χ2v) is 8.64. The summed E-state index contributed by atoms with van der Waals surface area (Å²) in [5.74, 6) is 4.25. The zero-order chi connectivity index (χ0) is 27.1. The first-order valence-electron chi connectivity index (χ1n) is 11.6. The third-order valence-electron chi connectivity index (χ3n) is 5.86. The fourth-order valence-corrected chi connectivity index (χ4v) is 3.33. The number of nitrogens with one attached hydrogen (secondary N) is 1. The van der Waals surface area contributed by atoms with Crippen molar-refractivity contribution in [3.8, 4) is 11.8 Å². The van der Waals surface area contributed by atoms with Gasteiger partial charge in [0.25, 0.3) is 5.91 Å². The molecule has 1 aliphatic carbocycles. The van der Waals surface area contributed by atoms with E-state index >= 15 is 0 Å². The number of hydrogen-bond donors (Lipinski definition) is 2. The summed E-state index contributed by atoms with van der Waals surface area (Å²) in [4.78, 5) is 35.4. The van der Waals surface area contributed by atoms with Crippen LogP contribution in [0.1, 0.15) is 44.1 Å². The first-order valence-corrected chi connectivity index (χ1v) is 11.6. The number of anilines is 1. The van der Waals surface area contributed by atoms with Crippen LogP contribution in [0.2, 0.25) is 0 Å². The molecule has 2 N–H and O–H groups in total. The maximum absolute atomic E-state index is 12.2. The average molecular weight is 501 g/mol. The second kappa shape index (κ2) is 11.8. The SMILES string of the molecule is C=C/C(C#CC1(O)CCN(C)C1=O)=C\C(=C/C)n1cc(NC)c(C(=O)OCC)n1.CC1(F)CC1C=O. The third kappa shape index (κ3) is 6.70. The lowest BCUT2D eigenvalue weighted by Gasteiger charge is -2.13. The van der Waals surface area contributed by atoms with Crippen molar-refractivity contribution >= 4 is 29.5 Å². The van der Waals surface area contributed by atoms with Crippen LogP contribution in [0.3, 0.4) is 0 Å². The number of hydrogen-bond acceptors (Lipinski definition) is 7. The van der Waals surface area contributed by atoms with Crippen LogP contribution in [0, 0.1) is 17.8 Å². The Labute approximate surface area is 210 Å². The molecule has 1 aromatic heterocycles. The van der Waals surface area contributed by atoms with Gasteiger partial charge in [-0.25, -0.2) is 13.9 Å². The number of rotatable bonds is 7. The highest BCUT2D eigenvalue weighted by Gasteiger charge is 2.50.